The summed E-state index contributed by atoms with van der Waals surface area (Å²) in [5.74, 6) is 0.391. The summed E-state index contributed by atoms with van der Waals surface area (Å²) in [5, 5.41) is 3.01. The Morgan fingerprint density at radius 3 is 2.58 bits per heavy atom. The van der Waals surface area contributed by atoms with Gasteiger partial charge >= 0.3 is 0 Å². The Bertz CT molecular complexity index is 432. The second kappa shape index (κ2) is 5.91. The molecule has 0 spiro atoms. The molecular weight excluding hydrogens is 244 g/mol. The van der Waals surface area contributed by atoms with Crippen LogP contribution in [0.25, 0.3) is 0 Å². The molecular formula is C14H20N2O3. The van der Waals surface area contributed by atoms with E-state index >= 15 is 0 Å². The maximum atomic E-state index is 12.0. The number of nitrogens with one attached hydrogen (secondary N) is 1. The van der Waals surface area contributed by atoms with E-state index in [1.165, 1.54) is 6.26 Å². The van der Waals surface area contributed by atoms with Crippen molar-refractivity contribution in [3.05, 3.63) is 24.2 Å². The second-order valence-corrected chi connectivity index (χ2v) is 5.21. The minimum absolute atomic E-state index is 0.00257. The Hall–Kier alpha value is -1.78. The molecule has 0 atom stereocenters. The van der Waals surface area contributed by atoms with Gasteiger partial charge in [-0.1, -0.05) is 13.8 Å². The molecule has 2 amide bonds. The average Bonchev–Trinajstić information content (AvgIpc) is 2.92. The van der Waals surface area contributed by atoms with E-state index in [0.717, 1.165) is 12.8 Å². The number of furan rings is 1. The minimum Gasteiger partial charge on any atom is -0.459 e. The van der Waals surface area contributed by atoms with Crippen molar-refractivity contribution in [2.75, 3.05) is 13.1 Å². The van der Waals surface area contributed by atoms with Gasteiger partial charge in [0.25, 0.3) is 5.91 Å². The second-order valence-electron chi connectivity index (χ2n) is 5.21. The first-order valence-electron chi connectivity index (χ1n) is 6.71. The van der Waals surface area contributed by atoms with Gasteiger partial charge in [-0.2, -0.15) is 0 Å². The molecule has 1 aromatic rings. The van der Waals surface area contributed by atoms with Crippen molar-refractivity contribution in [2.45, 2.75) is 32.7 Å². The molecule has 2 rings (SSSR count). The van der Waals surface area contributed by atoms with Crippen molar-refractivity contribution in [1.29, 1.82) is 0 Å². The van der Waals surface area contributed by atoms with Crippen molar-refractivity contribution in [3.8, 4) is 0 Å². The molecule has 0 aliphatic carbocycles. The zero-order valence-corrected chi connectivity index (χ0v) is 11.4. The molecule has 0 radical (unpaired) electrons. The first kappa shape index (κ1) is 13.6. The van der Waals surface area contributed by atoms with Crippen molar-refractivity contribution in [1.82, 2.24) is 10.2 Å². The highest BCUT2D eigenvalue weighted by Gasteiger charge is 2.26. The van der Waals surface area contributed by atoms with E-state index in [9.17, 15) is 9.59 Å². The fraction of sp³-hybridized carbons (Fsp3) is 0.571. The molecule has 0 bridgehead atoms. The van der Waals surface area contributed by atoms with Gasteiger partial charge in [-0.15, -0.1) is 0 Å². The van der Waals surface area contributed by atoms with E-state index in [1.807, 2.05) is 13.8 Å². The van der Waals surface area contributed by atoms with E-state index < -0.39 is 0 Å². The average molecular weight is 264 g/mol. The van der Waals surface area contributed by atoms with Crippen LogP contribution in [0.3, 0.4) is 0 Å². The Morgan fingerprint density at radius 2 is 2.05 bits per heavy atom. The molecule has 1 N–H and O–H groups in total. The van der Waals surface area contributed by atoms with Gasteiger partial charge in [0.1, 0.15) is 0 Å². The third kappa shape index (κ3) is 3.36. The lowest BCUT2D eigenvalue weighted by Crippen LogP contribution is -2.47. The first-order chi connectivity index (χ1) is 9.08. The third-order valence-corrected chi connectivity index (χ3v) is 3.38. The largest absolute Gasteiger partial charge is 0.459 e. The number of piperidine rings is 1. The van der Waals surface area contributed by atoms with Crippen LogP contribution in [0.2, 0.25) is 0 Å². The van der Waals surface area contributed by atoms with E-state index in [2.05, 4.69) is 5.32 Å². The molecule has 5 nitrogen and oxygen atoms in total. The summed E-state index contributed by atoms with van der Waals surface area (Å²) in [4.78, 5) is 25.4. The molecule has 1 aliphatic heterocycles. The van der Waals surface area contributed by atoms with Crippen molar-refractivity contribution >= 4 is 11.8 Å². The lowest BCUT2D eigenvalue weighted by atomic mass is 10.0. The SMILES string of the molecule is CC(C)C(=O)NC1CCN(C(=O)c2ccco2)CC1. The molecule has 0 saturated carbocycles. The molecule has 19 heavy (non-hydrogen) atoms. The van der Waals surface area contributed by atoms with Gasteiger partial charge < -0.3 is 14.6 Å². The molecule has 104 valence electrons. The van der Waals surface area contributed by atoms with E-state index in [4.69, 9.17) is 4.42 Å². The monoisotopic (exact) mass is 264 g/mol. The van der Waals surface area contributed by atoms with E-state index in [1.54, 1.807) is 17.0 Å². The highest BCUT2D eigenvalue weighted by atomic mass is 16.3. The Labute approximate surface area is 113 Å². The summed E-state index contributed by atoms with van der Waals surface area (Å²) >= 11 is 0. The van der Waals surface area contributed by atoms with Crippen LogP contribution in [0.4, 0.5) is 0 Å². The normalized spacial score (nSPS) is 16.7. The lowest BCUT2D eigenvalue weighted by Gasteiger charge is -2.32. The van der Waals surface area contributed by atoms with Crippen LogP contribution in [0.5, 0.6) is 0 Å². The van der Waals surface area contributed by atoms with Gasteiger partial charge in [0, 0.05) is 25.0 Å². The van der Waals surface area contributed by atoms with Crippen LogP contribution >= 0.6 is 0 Å². The van der Waals surface area contributed by atoms with Crippen LogP contribution < -0.4 is 5.32 Å². The standard InChI is InChI=1S/C14H20N2O3/c1-10(2)13(17)15-11-5-7-16(8-6-11)14(18)12-4-3-9-19-12/h3-4,9-11H,5-8H2,1-2H3,(H,15,17). The Kier molecular flexibility index (Phi) is 4.24. The Balaban J connectivity index is 1.82. The number of nitrogens with zero attached hydrogens (tertiary/aromatic N) is 1. The summed E-state index contributed by atoms with van der Waals surface area (Å²) < 4.78 is 5.11. The topological polar surface area (TPSA) is 62.6 Å². The first-order valence-corrected chi connectivity index (χ1v) is 6.71. The van der Waals surface area contributed by atoms with Gasteiger partial charge in [0.05, 0.1) is 6.26 Å². The van der Waals surface area contributed by atoms with Crippen molar-refractivity contribution in [3.63, 3.8) is 0 Å². The maximum Gasteiger partial charge on any atom is 0.289 e. The molecule has 1 fully saturated rings. The van der Waals surface area contributed by atoms with E-state index in [0.29, 0.717) is 18.8 Å². The molecule has 1 aliphatic rings. The quantitative estimate of drug-likeness (QED) is 0.903. The fourth-order valence-electron chi connectivity index (χ4n) is 2.15. The molecule has 5 heteroatoms. The van der Waals surface area contributed by atoms with Gasteiger partial charge in [-0.25, -0.2) is 0 Å². The van der Waals surface area contributed by atoms with Gasteiger partial charge in [-0.3, -0.25) is 9.59 Å². The van der Waals surface area contributed by atoms with Gasteiger partial charge in [-0.05, 0) is 25.0 Å². The summed E-state index contributed by atoms with van der Waals surface area (Å²) in [7, 11) is 0. The summed E-state index contributed by atoms with van der Waals surface area (Å²) in [5.41, 5.74) is 0. The van der Waals surface area contributed by atoms with Crippen LogP contribution in [0.15, 0.2) is 22.8 Å². The number of hydrogen-bond donors (Lipinski definition) is 1. The number of rotatable bonds is 3. The maximum absolute atomic E-state index is 12.0. The Morgan fingerprint density at radius 1 is 1.37 bits per heavy atom. The fourth-order valence-corrected chi connectivity index (χ4v) is 2.15. The number of carbonyl (C=O) groups excluding carboxylic acids is 2. The van der Waals surface area contributed by atoms with Crippen LogP contribution in [0, 0.1) is 5.92 Å². The zero-order chi connectivity index (χ0) is 13.8. The van der Waals surface area contributed by atoms with Gasteiger partial charge in [0.2, 0.25) is 5.91 Å². The number of amides is 2. The molecule has 2 heterocycles. The van der Waals surface area contributed by atoms with Crippen LogP contribution in [0.1, 0.15) is 37.2 Å². The summed E-state index contributed by atoms with van der Waals surface area (Å²) in [6.07, 6.45) is 3.10. The predicted molar refractivity (Wildman–Crippen MR) is 70.6 cm³/mol. The smallest absolute Gasteiger partial charge is 0.289 e. The van der Waals surface area contributed by atoms with Crippen LogP contribution in [-0.4, -0.2) is 35.8 Å². The highest BCUT2D eigenvalue weighted by Crippen LogP contribution is 2.14. The zero-order valence-electron chi connectivity index (χ0n) is 11.4. The molecule has 1 saturated heterocycles. The molecule has 1 aromatic heterocycles. The van der Waals surface area contributed by atoms with Crippen molar-refractivity contribution in [2.24, 2.45) is 5.92 Å². The number of likely N-dealkylation sites (tertiary alicyclic amines) is 1. The van der Waals surface area contributed by atoms with Gasteiger partial charge in [0.15, 0.2) is 5.76 Å². The third-order valence-electron chi connectivity index (χ3n) is 3.38. The van der Waals surface area contributed by atoms with E-state index in [-0.39, 0.29) is 23.8 Å². The molecule has 0 aromatic carbocycles. The minimum atomic E-state index is -0.0707. The molecule has 0 unspecified atom stereocenters. The number of carbonyl (C=O) groups is 2. The lowest BCUT2D eigenvalue weighted by molar-refractivity contribution is -0.124. The highest BCUT2D eigenvalue weighted by molar-refractivity contribution is 5.91. The van der Waals surface area contributed by atoms with Crippen LogP contribution in [-0.2, 0) is 4.79 Å². The summed E-state index contributed by atoms with van der Waals surface area (Å²) in [6, 6.07) is 3.56. The summed E-state index contributed by atoms with van der Waals surface area (Å²) in [6.45, 7) is 5.07. The number of hydrogen-bond acceptors (Lipinski definition) is 3. The predicted octanol–water partition coefficient (Wildman–Crippen LogP) is 1.66. The van der Waals surface area contributed by atoms with Crippen molar-refractivity contribution < 1.29 is 14.0 Å².